The van der Waals surface area contributed by atoms with E-state index in [1.165, 1.54) is 24.3 Å². The summed E-state index contributed by atoms with van der Waals surface area (Å²) in [6.07, 6.45) is 2.49. The van der Waals surface area contributed by atoms with E-state index < -0.39 is 4.92 Å². The Labute approximate surface area is 197 Å². The first-order chi connectivity index (χ1) is 16.6. The van der Waals surface area contributed by atoms with Gasteiger partial charge < -0.3 is 28.4 Å². The van der Waals surface area contributed by atoms with Crippen molar-refractivity contribution < 1.29 is 42.9 Å². The van der Waals surface area contributed by atoms with E-state index in [9.17, 15) is 19.7 Å². The summed E-state index contributed by atoms with van der Waals surface area (Å²) in [6.45, 7) is 4.56. The van der Waals surface area contributed by atoms with Crippen molar-refractivity contribution in [2.45, 2.75) is 0 Å². The van der Waals surface area contributed by atoms with Crippen LogP contribution in [0.2, 0.25) is 0 Å². The van der Waals surface area contributed by atoms with Crippen LogP contribution in [0, 0.1) is 10.1 Å². The van der Waals surface area contributed by atoms with Crippen LogP contribution in [0.25, 0.3) is 0 Å². The number of nitro benzene ring substituents is 1. The Bertz CT molecular complexity index is 766. The van der Waals surface area contributed by atoms with Crippen LogP contribution in [-0.2, 0) is 33.3 Å². The van der Waals surface area contributed by atoms with Gasteiger partial charge in [0.05, 0.1) is 77.5 Å². The van der Waals surface area contributed by atoms with Gasteiger partial charge in [0.1, 0.15) is 12.4 Å². The van der Waals surface area contributed by atoms with Crippen molar-refractivity contribution in [1.29, 1.82) is 0 Å². The minimum atomic E-state index is -0.461. The summed E-state index contributed by atoms with van der Waals surface area (Å²) in [5.41, 5.74) is 0.0182. The number of imide groups is 1. The fraction of sp³-hybridized carbons (Fsp3) is 0.545. The number of nitro groups is 1. The highest BCUT2D eigenvalue weighted by Gasteiger charge is 2.22. The molecule has 0 saturated heterocycles. The van der Waals surface area contributed by atoms with Gasteiger partial charge in [-0.25, -0.2) is 0 Å². The lowest BCUT2D eigenvalue weighted by Gasteiger charge is -2.13. The van der Waals surface area contributed by atoms with Gasteiger partial charge in [0.25, 0.3) is 17.5 Å². The molecular formula is C22H30N2O10. The van der Waals surface area contributed by atoms with E-state index in [0.29, 0.717) is 71.8 Å². The molecule has 0 atom stereocenters. The smallest absolute Gasteiger partial charge is 0.269 e. The normalized spacial score (nSPS) is 13.1. The summed E-state index contributed by atoms with van der Waals surface area (Å²) in [5.74, 6) is -0.0836. The molecule has 34 heavy (non-hydrogen) atoms. The first-order valence-electron chi connectivity index (χ1n) is 10.9. The molecule has 0 fully saturated rings. The lowest BCUT2D eigenvalue weighted by molar-refractivity contribution is -0.384. The van der Waals surface area contributed by atoms with E-state index in [1.54, 1.807) is 12.1 Å². The molecule has 1 aromatic rings. The van der Waals surface area contributed by atoms with E-state index in [0.717, 1.165) is 4.90 Å². The van der Waals surface area contributed by atoms with Crippen molar-refractivity contribution >= 4 is 17.5 Å². The number of benzene rings is 1. The highest BCUT2D eigenvalue weighted by Crippen LogP contribution is 2.17. The largest absolute Gasteiger partial charge is 0.491 e. The van der Waals surface area contributed by atoms with Gasteiger partial charge in [-0.05, 0) is 12.1 Å². The molecule has 188 valence electrons. The molecule has 0 spiro atoms. The highest BCUT2D eigenvalue weighted by atomic mass is 16.6. The fourth-order valence-corrected chi connectivity index (χ4v) is 2.67. The van der Waals surface area contributed by atoms with E-state index in [-0.39, 0.29) is 30.7 Å². The minimum Gasteiger partial charge on any atom is -0.491 e. The molecule has 0 aromatic heterocycles. The zero-order valence-corrected chi connectivity index (χ0v) is 18.9. The number of carbonyl (C=O) groups excluding carboxylic acids is 2. The summed E-state index contributed by atoms with van der Waals surface area (Å²) < 4.78 is 32.3. The van der Waals surface area contributed by atoms with E-state index in [1.807, 2.05) is 0 Å². The van der Waals surface area contributed by atoms with E-state index in [2.05, 4.69) is 0 Å². The Morgan fingerprint density at radius 3 is 1.50 bits per heavy atom. The van der Waals surface area contributed by atoms with E-state index >= 15 is 0 Å². The molecular weight excluding hydrogens is 452 g/mol. The predicted octanol–water partition coefficient (Wildman–Crippen LogP) is 0.982. The van der Waals surface area contributed by atoms with Gasteiger partial charge in [-0.3, -0.25) is 24.6 Å². The summed E-state index contributed by atoms with van der Waals surface area (Å²) in [6, 6.07) is 5.86. The van der Waals surface area contributed by atoms with E-state index in [4.69, 9.17) is 28.4 Å². The molecule has 1 aliphatic heterocycles. The maximum absolute atomic E-state index is 11.3. The molecule has 12 heteroatoms. The van der Waals surface area contributed by atoms with Gasteiger partial charge in [0, 0.05) is 24.3 Å². The number of non-ortho nitro benzene ring substituents is 1. The number of nitrogens with zero attached hydrogens (tertiary/aromatic N) is 2. The zero-order valence-electron chi connectivity index (χ0n) is 18.9. The van der Waals surface area contributed by atoms with Gasteiger partial charge in [-0.15, -0.1) is 0 Å². The average molecular weight is 482 g/mol. The van der Waals surface area contributed by atoms with Crippen LogP contribution in [0.3, 0.4) is 0 Å². The molecule has 2 amide bonds. The summed E-state index contributed by atoms with van der Waals surface area (Å²) >= 11 is 0. The predicted molar refractivity (Wildman–Crippen MR) is 119 cm³/mol. The molecule has 0 aliphatic carbocycles. The Balaban J connectivity index is 1.27. The molecule has 1 heterocycles. The topological polar surface area (TPSA) is 136 Å². The molecule has 0 radical (unpaired) electrons. The number of amides is 2. The van der Waals surface area contributed by atoms with Gasteiger partial charge in [-0.1, -0.05) is 0 Å². The van der Waals surface area contributed by atoms with Gasteiger partial charge in [-0.2, -0.15) is 0 Å². The number of rotatable bonds is 20. The maximum atomic E-state index is 11.3. The minimum absolute atomic E-state index is 0.0182. The Kier molecular flexibility index (Phi) is 13.4. The van der Waals surface area contributed by atoms with Crippen molar-refractivity contribution in [2.75, 3.05) is 79.2 Å². The summed E-state index contributed by atoms with van der Waals surface area (Å²) in [5, 5.41) is 10.6. The number of carbonyl (C=O) groups is 2. The van der Waals surface area contributed by atoms with Gasteiger partial charge in [0.2, 0.25) is 0 Å². The van der Waals surface area contributed by atoms with Gasteiger partial charge >= 0.3 is 0 Å². The van der Waals surface area contributed by atoms with Crippen LogP contribution in [0.5, 0.6) is 5.75 Å². The third-order valence-corrected chi connectivity index (χ3v) is 4.39. The Morgan fingerprint density at radius 2 is 1.06 bits per heavy atom. The van der Waals surface area contributed by atoms with Crippen LogP contribution in [0.1, 0.15) is 0 Å². The molecule has 0 bridgehead atoms. The van der Waals surface area contributed by atoms with Crippen molar-refractivity contribution in [3.8, 4) is 5.75 Å². The molecule has 1 aliphatic rings. The molecule has 0 N–H and O–H groups in total. The maximum Gasteiger partial charge on any atom is 0.269 e. The number of hydrogen-bond donors (Lipinski definition) is 0. The number of hydrogen-bond acceptors (Lipinski definition) is 10. The molecule has 0 saturated carbocycles. The first-order valence-corrected chi connectivity index (χ1v) is 10.9. The summed E-state index contributed by atoms with van der Waals surface area (Å²) in [7, 11) is 0. The quantitative estimate of drug-likeness (QED) is 0.114. The fourth-order valence-electron chi connectivity index (χ4n) is 2.67. The Morgan fingerprint density at radius 1 is 0.647 bits per heavy atom. The van der Waals surface area contributed by atoms with Crippen LogP contribution >= 0.6 is 0 Å². The Hall–Kier alpha value is -2.90. The van der Waals surface area contributed by atoms with Crippen molar-refractivity contribution in [1.82, 2.24) is 4.90 Å². The van der Waals surface area contributed by atoms with Crippen molar-refractivity contribution in [2.24, 2.45) is 0 Å². The average Bonchev–Trinajstić information content (AvgIpc) is 3.15. The monoisotopic (exact) mass is 482 g/mol. The van der Waals surface area contributed by atoms with Crippen LogP contribution in [-0.4, -0.2) is 101 Å². The number of ether oxygens (including phenoxy) is 6. The molecule has 2 rings (SSSR count). The second kappa shape index (κ2) is 16.7. The van der Waals surface area contributed by atoms with Crippen LogP contribution in [0.15, 0.2) is 36.4 Å². The molecule has 1 aromatic carbocycles. The second-order valence-corrected chi connectivity index (χ2v) is 6.82. The lowest BCUT2D eigenvalue weighted by Crippen LogP contribution is -2.33. The first kappa shape index (κ1) is 27.3. The van der Waals surface area contributed by atoms with Crippen molar-refractivity contribution in [3.05, 3.63) is 46.5 Å². The molecule has 0 unspecified atom stereocenters. The zero-order chi connectivity index (χ0) is 24.4. The van der Waals surface area contributed by atoms with Gasteiger partial charge in [0.15, 0.2) is 0 Å². The third-order valence-electron chi connectivity index (χ3n) is 4.39. The third kappa shape index (κ3) is 11.3. The van der Waals surface area contributed by atoms with Crippen molar-refractivity contribution in [3.63, 3.8) is 0 Å². The standard InChI is InChI=1S/C22H30N2O10/c25-21-5-6-22(26)23(21)7-8-29-9-10-30-11-12-31-13-14-32-15-16-33-17-18-34-20-3-1-19(2-4-20)24(27)28/h1-6H,7-18H2. The highest BCUT2D eigenvalue weighted by molar-refractivity contribution is 6.12. The SMILES string of the molecule is O=C1C=CC(=O)N1CCOCCOCCOCCOCCOCCOc1ccc([N+](=O)[O-])cc1. The second-order valence-electron chi connectivity index (χ2n) is 6.82. The lowest BCUT2D eigenvalue weighted by atomic mass is 10.3. The van der Waals surface area contributed by atoms with Crippen LogP contribution < -0.4 is 4.74 Å². The van der Waals surface area contributed by atoms with Crippen LogP contribution in [0.4, 0.5) is 5.69 Å². The summed E-state index contributed by atoms with van der Waals surface area (Å²) in [4.78, 5) is 33.9. The molecule has 12 nitrogen and oxygen atoms in total.